The number of hydrogen-bond acceptors (Lipinski definition) is 5. The molecular weight excluding hydrogens is 301 g/mol. The molecule has 0 aromatic carbocycles. The van der Waals surface area contributed by atoms with E-state index in [2.05, 4.69) is 15.0 Å². The average Bonchev–Trinajstić information content (AvgIpc) is 2.56. The van der Waals surface area contributed by atoms with Gasteiger partial charge in [0.05, 0.1) is 12.0 Å². The number of carbonyl (C=O) groups is 1. The van der Waals surface area contributed by atoms with Crippen LogP contribution in [0.1, 0.15) is 17.3 Å². The largest absolute Gasteiger partial charge is 0.462 e. The Bertz CT molecular complexity index is 938. The van der Waals surface area contributed by atoms with Crippen molar-refractivity contribution < 1.29 is 13.9 Å². The van der Waals surface area contributed by atoms with Gasteiger partial charge >= 0.3 is 5.97 Å². The maximum absolute atomic E-state index is 14.3. The molecule has 3 aromatic heterocycles. The van der Waals surface area contributed by atoms with Gasteiger partial charge in [0.1, 0.15) is 22.7 Å². The number of halogens is 1. The predicted molar refractivity (Wildman–Crippen MR) is 81.5 cm³/mol. The van der Waals surface area contributed by atoms with Gasteiger partial charge in [-0.15, -0.1) is 0 Å². The van der Waals surface area contributed by atoms with Crippen LogP contribution >= 0.6 is 0 Å². The Kier molecular flexibility index (Phi) is 3.84. The van der Waals surface area contributed by atoms with Crippen molar-refractivity contribution in [2.45, 2.75) is 6.92 Å². The molecule has 0 aliphatic rings. The Hall–Kier alpha value is -3.09. The van der Waals surface area contributed by atoms with Gasteiger partial charge in [0.25, 0.3) is 0 Å². The monoisotopic (exact) mass is 313 g/mol. The van der Waals surface area contributed by atoms with Crippen molar-refractivity contribution in [3.05, 3.63) is 58.4 Å². The summed E-state index contributed by atoms with van der Waals surface area (Å²) in [7, 11) is 0. The molecule has 7 heteroatoms. The topological polar surface area (TPSA) is 84.9 Å². The molecule has 116 valence electrons. The first-order chi connectivity index (χ1) is 11.1. The summed E-state index contributed by atoms with van der Waals surface area (Å²) in [4.78, 5) is 34.8. The van der Waals surface area contributed by atoms with Crippen LogP contribution in [0.4, 0.5) is 4.39 Å². The van der Waals surface area contributed by atoms with E-state index >= 15 is 0 Å². The van der Waals surface area contributed by atoms with Crippen molar-refractivity contribution >= 4 is 17.0 Å². The first kappa shape index (κ1) is 14.8. The Balaban J connectivity index is 2.18. The summed E-state index contributed by atoms with van der Waals surface area (Å²) in [5.74, 6) is -1.41. The number of ether oxygens (including phenoxy) is 1. The molecule has 0 aliphatic heterocycles. The van der Waals surface area contributed by atoms with Gasteiger partial charge in [-0.25, -0.2) is 14.2 Å². The third-order valence-corrected chi connectivity index (χ3v) is 3.27. The highest BCUT2D eigenvalue weighted by Gasteiger charge is 2.17. The van der Waals surface area contributed by atoms with Gasteiger partial charge in [0.2, 0.25) is 5.43 Å². The maximum Gasteiger partial charge on any atom is 0.343 e. The number of carbonyl (C=O) groups excluding carboxylic acids is 1. The second kappa shape index (κ2) is 5.96. The standard InChI is InChI=1S/C16H12FN3O3/c1-2-23-16(22)11-8-19-15-10(14(11)21)7-12(17)13(20-15)9-3-5-18-6-4-9/h3-8H,2H2,1H3,(H,19,20,21). The van der Waals surface area contributed by atoms with E-state index in [0.717, 1.165) is 6.07 Å². The van der Waals surface area contributed by atoms with Crippen LogP contribution in [0.2, 0.25) is 0 Å². The number of esters is 1. The Labute approximate surface area is 130 Å². The molecule has 1 N–H and O–H groups in total. The van der Waals surface area contributed by atoms with E-state index in [1.807, 2.05) is 0 Å². The lowest BCUT2D eigenvalue weighted by molar-refractivity contribution is 0.0524. The lowest BCUT2D eigenvalue weighted by Gasteiger charge is -2.06. The number of fused-ring (bicyclic) bond motifs is 1. The molecule has 6 nitrogen and oxygen atoms in total. The highest BCUT2D eigenvalue weighted by atomic mass is 19.1. The van der Waals surface area contributed by atoms with E-state index in [1.165, 1.54) is 18.6 Å². The smallest absolute Gasteiger partial charge is 0.343 e. The van der Waals surface area contributed by atoms with Crippen LogP contribution in [0.25, 0.3) is 22.3 Å². The van der Waals surface area contributed by atoms with E-state index in [0.29, 0.717) is 5.56 Å². The van der Waals surface area contributed by atoms with Gasteiger partial charge in [0.15, 0.2) is 0 Å². The number of aromatic nitrogens is 3. The molecule has 23 heavy (non-hydrogen) atoms. The first-order valence-electron chi connectivity index (χ1n) is 6.91. The summed E-state index contributed by atoms with van der Waals surface area (Å²) in [6.07, 6.45) is 4.27. The lowest BCUT2D eigenvalue weighted by atomic mass is 10.1. The minimum Gasteiger partial charge on any atom is -0.462 e. The second-order valence-corrected chi connectivity index (χ2v) is 4.70. The number of nitrogens with zero attached hydrogens (tertiary/aromatic N) is 2. The SMILES string of the molecule is CCOC(=O)c1c[nH]c2nc(-c3ccncc3)c(F)cc2c1=O. The Morgan fingerprint density at radius 1 is 1.35 bits per heavy atom. The number of hydrogen-bond donors (Lipinski definition) is 1. The minimum absolute atomic E-state index is 0.00846. The van der Waals surface area contributed by atoms with Crippen molar-refractivity contribution in [1.82, 2.24) is 15.0 Å². The fraction of sp³-hybridized carbons (Fsp3) is 0.125. The Morgan fingerprint density at radius 2 is 2.09 bits per heavy atom. The molecule has 3 aromatic rings. The minimum atomic E-state index is -0.755. The van der Waals surface area contributed by atoms with Crippen molar-refractivity contribution in [1.29, 1.82) is 0 Å². The molecule has 0 radical (unpaired) electrons. The van der Waals surface area contributed by atoms with Crippen LogP contribution in [-0.4, -0.2) is 27.5 Å². The van der Waals surface area contributed by atoms with Crippen molar-refractivity contribution in [3.63, 3.8) is 0 Å². The van der Waals surface area contributed by atoms with E-state index in [4.69, 9.17) is 4.74 Å². The molecule has 0 saturated heterocycles. The number of nitrogens with one attached hydrogen (secondary N) is 1. The first-order valence-corrected chi connectivity index (χ1v) is 6.91. The summed E-state index contributed by atoms with van der Waals surface area (Å²) < 4.78 is 19.1. The number of pyridine rings is 3. The molecule has 0 aliphatic carbocycles. The quantitative estimate of drug-likeness (QED) is 0.750. The number of H-pyrrole nitrogens is 1. The molecule has 3 heterocycles. The molecule has 0 unspecified atom stereocenters. The molecule has 0 atom stereocenters. The average molecular weight is 313 g/mol. The van der Waals surface area contributed by atoms with Gasteiger partial charge in [-0.1, -0.05) is 0 Å². The number of rotatable bonds is 3. The summed E-state index contributed by atoms with van der Waals surface area (Å²) in [5.41, 5.74) is 0.0208. The molecule has 0 amide bonds. The van der Waals surface area contributed by atoms with Gasteiger partial charge in [-0.2, -0.15) is 0 Å². The fourth-order valence-electron chi connectivity index (χ4n) is 2.20. The van der Waals surface area contributed by atoms with Gasteiger partial charge in [0, 0.05) is 24.2 Å². The van der Waals surface area contributed by atoms with Crippen LogP contribution in [-0.2, 0) is 4.74 Å². The highest BCUT2D eigenvalue weighted by molar-refractivity contribution is 5.93. The fourth-order valence-corrected chi connectivity index (χ4v) is 2.20. The predicted octanol–water partition coefficient (Wildman–Crippen LogP) is 2.30. The molecule has 0 saturated carbocycles. The zero-order chi connectivity index (χ0) is 16.4. The molecule has 3 rings (SSSR count). The summed E-state index contributed by atoms with van der Waals surface area (Å²) in [5, 5.41) is -0.00846. The molecule has 0 spiro atoms. The van der Waals surface area contributed by atoms with Crippen molar-refractivity contribution in [2.24, 2.45) is 0 Å². The second-order valence-electron chi connectivity index (χ2n) is 4.70. The summed E-state index contributed by atoms with van der Waals surface area (Å²) >= 11 is 0. The molecule has 0 bridgehead atoms. The normalized spacial score (nSPS) is 10.7. The van der Waals surface area contributed by atoms with E-state index in [1.54, 1.807) is 19.1 Å². The van der Waals surface area contributed by atoms with E-state index < -0.39 is 17.2 Å². The van der Waals surface area contributed by atoms with Crippen LogP contribution in [0.15, 0.2) is 41.6 Å². The lowest BCUT2D eigenvalue weighted by Crippen LogP contribution is -2.18. The van der Waals surface area contributed by atoms with Crippen LogP contribution in [0, 0.1) is 5.82 Å². The van der Waals surface area contributed by atoms with Gasteiger partial charge in [-0.05, 0) is 25.1 Å². The maximum atomic E-state index is 14.3. The highest BCUT2D eigenvalue weighted by Crippen LogP contribution is 2.22. The van der Waals surface area contributed by atoms with Gasteiger partial charge in [-0.3, -0.25) is 9.78 Å². The third kappa shape index (κ3) is 2.68. The van der Waals surface area contributed by atoms with E-state index in [9.17, 15) is 14.0 Å². The summed E-state index contributed by atoms with van der Waals surface area (Å²) in [6, 6.07) is 4.30. The third-order valence-electron chi connectivity index (χ3n) is 3.27. The number of aromatic amines is 1. The van der Waals surface area contributed by atoms with Crippen molar-refractivity contribution in [2.75, 3.05) is 6.61 Å². The molecule has 0 fully saturated rings. The zero-order valence-corrected chi connectivity index (χ0v) is 12.2. The van der Waals surface area contributed by atoms with Crippen LogP contribution in [0.5, 0.6) is 0 Å². The molecular formula is C16H12FN3O3. The van der Waals surface area contributed by atoms with Crippen LogP contribution in [0.3, 0.4) is 0 Å². The zero-order valence-electron chi connectivity index (χ0n) is 12.2. The van der Waals surface area contributed by atoms with E-state index in [-0.39, 0.29) is 28.9 Å². The summed E-state index contributed by atoms with van der Waals surface area (Å²) in [6.45, 7) is 1.78. The van der Waals surface area contributed by atoms with Crippen molar-refractivity contribution in [3.8, 4) is 11.3 Å². The van der Waals surface area contributed by atoms with Gasteiger partial charge < -0.3 is 9.72 Å². The van der Waals surface area contributed by atoms with Crippen LogP contribution < -0.4 is 5.43 Å². The Morgan fingerprint density at radius 3 is 2.78 bits per heavy atom.